The molecule has 6 heteroatoms. The summed E-state index contributed by atoms with van der Waals surface area (Å²) in [4.78, 5) is 8.89. The Bertz CT molecular complexity index is 463. The van der Waals surface area contributed by atoms with E-state index in [-0.39, 0.29) is 0 Å². The molecule has 2 aromatic rings. The summed E-state index contributed by atoms with van der Waals surface area (Å²) >= 11 is 3.37. The predicted molar refractivity (Wildman–Crippen MR) is 72.3 cm³/mol. The highest BCUT2D eigenvalue weighted by molar-refractivity contribution is 7.09. The van der Waals surface area contributed by atoms with Crippen molar-refractivity contribution in [3.8, 4) is 0 Å². The van der Waals surface area contributed by atoms with Crippen molar-refractivity contribution in [2.75, 3.05) is 6.54 Å². The fraction of sp³-hybridized carbons (Fsp3) is 0.455. The molecule has 4 nitrogen and oxygen atoms in total. The average Bonchev–Trinajstić information content (AvgIpc) is 2.89. The third-order valence-corrected chi connectivity index (χ3v) is 4.13. The van der Waals surface area contributed by atoms with E-state index in [1.807, 2.05) is 6.92 Å². The van der Waals surface area contributed by atoms with Crippen molar-refractivity contribution >= 4 is 22.7 Å². The molecule has 2 rings (SSSR count). The van der Waals surface area contributed by atoms with E-state index in [0.29, 0.717) is 6.54 Å². The largest absolute Gasteiger partial charge is 0.330 e. The van der Waals surface area contributed by atoms with Gasteiger partial charge in [0.2, 0.25) is 0 Å². The van der Waals surface area contributed by atoms with Crippen LogP contribution in [0.2, 0.25) is 0 Å². The van der Waals surface area contributed by atoms with Crippen LogP contribution in [0.3, 0.4) is 0 Å². The molecule has 0 aromatic carbocycles. The van der Waals surface area contributed by atoms with E-state index in [9.17, 15) is 0 Å². The van der Waals surface area contributed by atoms with Gasteiger partial charge in [-0.1, -0.05) is 0 Å². The fourth-order valence-corrected chi connectivity index (χ4v) is 3.00. The van der Waals surface area contributed by atoms with E-state index in [1.54, 1.807) is 22.7 Å². The summed E-state index contributed by atoms with van der Waals surface area (Å²) in [6, 6.07) is 0. The van der Waals surface area contributed by atoms with Gasteiger partial charge in [0.25, 0.3) is 0 Å². The van der Waals surface area contributed by atoms with Crippen LogP contribution in [0.25, 0.3) is 0 Å². The molecule has 0 saturated carbocycles. The summed E-state index contributed by atoms with van der Waals surface area (Å²) in [7, 11) is 0. The zero-order valence-corrected chi connectivity index (χ0v) is 11.4. The maximum atomic E-state index is 5.49. The van der Waals surface area contributed by atoms with Crippen LogP contribution in [0.4, 0.5) is 0 Å². The van der Waals surface area contributed by atoms with Gasteiger partial charge in [-0.2, -0.15) is 0 Å². The minimum absolute atomic E-state index is 0.665. The van der Waals surface area contributed by atoms with Crippen LogP contribution in [0.5, 0.6) is 0 Å². The van der Waals surface area contributed by atoms with E-state index >= 15 is 0 Å². The summed E-state index contributed by atoms with van der Waals surface area (Å²) in [5.74, 6) is 0. The highest BCUT2D eigenvalue weighted by atomic mass is 32.1. The molecule has 0 aliphatic heterocycles. The number of thiazole rings is 2. The molecule has 0 amide bonds. The second-order valence-electron chi connectivity index (χ2n) is 3.76. The van der Waals surface area contributed by atoms with Crippen molar-refractivity contribution in [2.24, 2.45) is 5.73 Å². The molecule has 92 valence electrons. The molecule has 0 aliphatic rings. The highest BCUT2D eigenvalue weighted by Gasteiger charge is 2.02. The van der Waals surface area contributed by atoms with E-state index in [2.05, 4.69) is 26.0 Å². The zero-order valence-electron chi connectivity index (χ0n) is 9.77. The molecule has 0 unspecified atom stereocenters. The molecular weight excluding hydrogens is 252 g/mol. The first kappa shape index (κ1) is 12.6. The van der Waals surface area contributed by atoms with Gasteiger partial charge in [-0.05, 0) is 13.5 Å². The van der Waals surface area contributed by atoms with E-state index < -0.39 is 0 Å². The van der Waals surface area contributed by atoms with Crippen molar-refractivity contribution in [3.63, 3.8) is 0 Å². The monoisotopic (exact) mass is 268 g/mol. The molecule has 0 saturated heterocycles. The number of hydrogen-bond acceptors (Lipinski definition) is 6. The van der Waals surface area contributed by atoms with Crippen LogP contribution in [0.15, 0.2) is 10.8 Å². The van der Waals surface area contributed by atoms with Gasteiger partial charge in [-0.25, -0.2) is 9.97 Å². The van der Waals surface area contributed by atoms with Crippen LogP contribution in [0, 0.1) is 6.92 Å². The van der Waals surface area contributed by atoms with Crippen LogP contribution < -0.4 is 11.1 Å². The molecule has 2 aromatic heterocycles. The first-order valence-corrected chi connectivity index (χ1v) is 7.29. The number of hydrogen-bond donors (Lipinski definition) is 2. The Labute approximate surface area is 109 Å². The lowest BCUT2D eigenvalue weighted by molar-refractivity contribution is 0.676. The Morgan fingerprint density at radius 2 is 2.00 bits per heavy atom. The van der Waals surface area contributed by atoms with Crippen LogP contribution in [-0.4, -0.2) is 16.5 Å². The third kappa shape index (κ3) is 3.85. The first-order valence-electron chi connectivity index (χ1n) is 5.53. The summed E-state index contributed by atoms with van der Waals surface area (Å²) in [6.45, 7) is 4.28. The molecule has 0 aliphatic carbocycles. The molecule has 0 fully saturated rings. The average molecular weight is 268 g/mol. The lowest BCUT2D eigenvalue weighted by Crippen LogP contribution is -2.13. The van der Waals surface area contributed by atoms with E-state index in [1.165, 1.54) is 0 Å². The molecule has 2 heterocycles. The van der Waals surface area contributed by atoms with Crippen LogP contribution in [-0.2, 0) is 19.5 Å². The topological polar surface area (TPSA) is 63.8 Å². The van der Waals surface area contributed by atoms with Crippen LogP contribution in [0.1, 0.15) is 21.4 Å². The first-order chi connectivity index (χ1) is 8.28. The van der Waals surface area contributed by atoms with Crippen molar-refractivity contribution in [1.82, 2.24) is 15.3 Å². The third-order valence-electron chi connectivity index (χ3n) is 2.21. The number of nitrogens with two attached hydrogens (primary N) is 1. The summed E-state index contributed by atoms with van der Waals surface area (Å²) in [5.41, 5.74) is 7.67. The SMILES string of the molecule is Cc1csc(CNCc2csc(CCN)n2)n1. The Morgan fingerprint density at radius 1 is 1.18 bits per heavy atom. The van der Waals surface area contributed by atoms with Gasteiger partial charge >= 0.3 is 0 Å². The number of aryl methyl sites for hydroxylation is 1. The highest BCUT2D eigenvalue weighted by Crippen LogP contribution is 2.11. The lowest BCUT2D eigenvalue weighted by Gasteiger charge is -1.98. The Hall–Kier alpha value is -0.820. The van der Waals surface area contributed by atoms with Gasteiger partial charge in [-0.3, -0.25) is 0 Å². The number of rotatable bonds is 6. The van der Waals surface area contributed by atoms with Crippen molar-refractivity contribution < 1.29 is 0 Å². The van der Waals surface area contributed by atoms with Gasteiger partial charge in [-0.15, -0.1) is 22.7 Å². The van der Waals surface area contributed by atoms with Gasteiger partial charge in [0.1, 0.15) is 5.01 Å². The van der Waals surface area contributed by atoms with E-state index in [0.717, 1.165) is 40.9 Å². The smallest absolute Gasteiger partial charge is 0.107 e. The number of nitrogens with zero attached hydrogens (tertiary/aromatic N) is 2. The lowest BCUT2D eigenvalue weighted by atomic mass is 10.4. The number of nitrogens with one attached hydrogen (secondary N) is 1. The zero-order chi connectivity index (χ0) is 12.1. The second kappa shape index (κ2) is 6.20. The Kier molecular flexibility index (Phi) is 4.61. The summed E-state index contributed by atoms with van der Waals surface area (Å²) in [6.07, 6.45) is 0.871. The van der Waals surface area contributed by atoms with Gasteiger partial charge < -0.3 is 11.1 Å². The molecule has 0 atom stereocenters. The Balaban J connectivity index is 1.77. The summed E-state index contributed by atoms with van der Waals surface area (Å²) < 4.78 is 0. The molecule has 17 heavy (non-hydrogen) atoms. The molecule has 0 bridgehead atoms. The quantitative estimate of drug-likeness (QED) is 0.837. The van der Waals surface area contributed by atoms with E-state index in [4.69, 9.17) is 5.73 Å². The van der Waals surface area contributed by atoms with Crippen molar-refractivity contribution in [1.29, 1.82) is 0 Å². The van der Waals surface area contributed by atoms with Gasteiger partial charge in [0.05, 0.1) is 10.7 Å². The summed E-state index contributed by atoms with van der Waals surface area (Å²) in [5, 5.41) is 9.75. The maximum absolute atomic E-state index is 5.49. The molecule has 3 N–H and O–H groups in total. The minimum atomic E-state index is 0.665. The predicted octanol–water partition coefficient (Wildman–Crippen LogP) is 1.70. The second-order valence-corrected chi connectivity index (χ2v) is 5.64. The van der Waals surface area contributed by atoms with Crippen molar-refractivity contribution in [2.45, 2.75) is 26.4 Å². The fourth-order valence-electron chi connectivity index (χ4n) is 1.45. The van der Waals surface area contributed by atoms with Crippen molar-refractivity contribution in [3.05, 3.63) is 32.2 Å². The minimum Gasteiger partial charge on any atom is -0.330 e. The molecule has 0 spiro atoms. The Morgan fingerprint density at radius 3 is 2.71 bits per heavy atom. The molecular formula is C11H16N4S2. The van der Waals surface area contributed by atoms with Crippen LogP contribution >= 0.6 is 22.7 Å². The number of aromatic nitrogens is 2. The van der Waals surface area contributed by atoms with Gasteiger partial charge in [0, 0.05) is 36.0 Å². The maximum Gasteiger partial charge on any atom is 0.107 e. The van der Waals surface area contributed by atoms with Gasteiger partial charge in [0.15, 0.2) is 0 Å². The normalized spacial score (nSPS) is 10.9. The standard InChI is InChI=1S/C11H16N4S2/c1-8-6-16-11(14-8)5-13-4-9-7-17-10(15-9)2-3-12/h6-7,13H,2-5,12H2,1H3. The molecule has 0 radical (unpaired) electrons.